The summed E-state index contributed by atoms with van der Waals surface area (Å²) in [6, 6.07) is 6.32. The molecule has 2 rings (SSSR count). The van der Waals surface area contributed by atoms with Gasteiger partial charge < -0.3 is 9.15 Å². The predicted octanol–water partition coefficient (Wildman–Crippen LogP) is 3.28. The number of benzene rings is 1. The van der Waals surface area contributed by atoms with Crippen molar-refractivity contribution in [3.8, 4) is 0 Å². The standard InChI is InChI=1S/C15H21FN2O2/c1-4-15(5-2,19-3)14(18-17)12-9-10-7-6-8-11(16)13(10)20-12/h6-9,14,18H,4-5,17H2,1-3H3. The molecule has 0 aliphatic carbocycles. The summed E-state index contributed by atoms with van der Waals surface area (Å²) in [4.78, 5) is 0. The molecule has 0 radical (unpaired) electrons. The van der Waals surface area contributed by atoms with Crippen molar-refractivity contribution in [3.05, 3.63) is 35.8 Å². The van der Waals surface area contributed by atoms with E-state index in [2.05, 4.69) is 5.43 Å². The van der Waals surface area contributed by atoms with Gasteiger partial charge in [-0.3, -0.25) is 5.84 Å². The van der Waals surface area contributed by atoms with Crippen LogP contribution >= 0.6 is 0 Å². The number of halogens is 1. The van der Waals surface area contributed by atoms with Crippen molar-refractivity contribution in [2.45, 2.75) is 38.3 Å². The average molecular weight is 280 g/mol. The molecule has 0 saturated heterocycles. The molecular weight excluding hydrogens is 259 g/mol. The van der Waals surface area contributed by atoms with Gasteiger partial charge >= 0.3 is 0 Å². The number of methoxy groups -OCH3 is 1. The normalized spacial score (nSPS) is 13.8. The van der Waals surface area contributed by atoms with Gasteiger partial charge in [-0.1, -0.05) is 26.0 Å². The number of hydrazine groups is 1. The van der Waals surface area contributed by atoms with Crippen molar-refractivity contribution >= 4 is 11.0 Å². The molecule has 5 heteroatoms. The zero-order valence-corrected chi connectivity index (χ0v) is 12.1. The number of hydrogen-bond donors (Lipinski definition) is 2. The number of nitrogens with one attached hydrogen (secondary N) is 1. The van der Waals surface area contributed by atoms with Crippen LogP contribution in [0, 0.1) is 5.82 Å². The van der Waals surface area contributed by atoms with E-state index in [1.165, 1.54) is 6.07 Å². The lowest BCUT2D eigenvalue weighted by molar-refractivity contribution is -0.0534. The minimum absolute atomic E-state index is 0.250. The van der Waals surface area contributed by atoms with E-state index in [-0.39, 0.29) is 17.4 Å². The number of furan rings is 1. The number of fused-ring (bicyclic) bond motifs is 1. The third-order valence-corrected chi connectivity index (χ3v) is 4.10. The minimum atomic E-state index is -0.487. The molecule has 0 aliphatic heterocycles. The lowest BCUT2D eigenvalue weighted by Gasteiger charge is -2.36. The highest BCUT2D eigenvalue weighted by molar-refractivity contribution is 5.78. The molecule has 0 saturated carbocycles. The number of para-hydroxylation sites is 1. The minimum Gasteiger partial charge on any atom is -0.456 e. The molecule has 1 unspecified atom stereocenters. The molecule has 1 aromatic carbocycles. The van der Waals surface area contributed by atoms with Crippen molar-refractivity contribution in [1.82, 2.24) is 5.43 Å². The zero-order chi connectivity index (χ0) is 14.8. The van der Waals surface area contributed by atoms with Gasteiger partial charge in [-0.25, -0.2) is 9.82 Å². The molecule has 4 nitrogen and oxygen atoms in total. The molecule has 1 heterocycles. The molecular formula is C15H21FN2O2. The maximum atomic E-state index is 13.7. The highest BCUT2D eigenvalue weighted by Crippen LogP contribution is 2.37. The average Bonchev–Trinajstić information content (AvgIpc) is 2.90. The smallest absolute Gasteiger partial charge is 0.169 e. The van der Waals surface area contributed by atoms with E-state index in [1.54, 1.807) is 13.2 Å². The second-order valence-corrected chi connectivity index (χ2v) is 4.88. The van der Waals surface area contributed by atoms with E-state index in [9.17, 15) is 4.39 Å². The lowest BCUT2D eigenvalue weighted by Crippen LogP contribution is -2.47. The first-order chi connectivity index (χ1) is 9.61. The first kappa shape index (κ1) is 15.0. The van der Waals surface area contributed by atoms with E-state index < -0.39 is 5.60 Å². The highest BCUT2D eigenvalue weighted by atomic mass is 19.1. The third-order valence-electron chi connectivity index (χ3n) is 4.10. The Morgan fingerprint density at radius 2 is 2.10 bits per heavy atom. The quantitative estimate of drug-likeness (QED) is 0.629. The van der Waals surface area contributed by atoms with Crippen LogP contribution in [0.25, 0.3) is 11.0 Å². The summed E-state index contributed by atoms with van der Waals surface area (Å²) in [7, 11) is 1.65. The van der Waals surface area contributed by atoms with Crippen LogP contribution in [0.5, 0.6) is 0 Å². The fourth-order valence-corrected chi connectivity index (χ4v) is 2.75. The molecule has 0 amide bonds. The van der Waals surface area contributed by atoms with Gasteiger partial charge in [0.25, 0.3) is 0 Å². The van der Waals surface area contributed by atoms with Gasteiger partial charge in [-0.05, 0) is 25.0 Å². The van der Waals surface area contributed by atoms with Crippen LogP contribution < -0.4 is 11.3 Å². The van der Waals surface area contributed by atoms with Crippen molar-refractivity contribution < 1.29 is 13.5 Å². The molecule has 0 bridgehead atoms. The summed E-state index contributed by atoms with van der Waals surface area (Å²) in [5, 5.41) is 0.720. The Bertz CT molecular complexity index is 570. The fraction of sp³-hybridized carbons (Fsp3) is 0.467. The van der Waals surface area contributed by atoms with Gasteiger partial charge in [-0.2, -0.15) is 0 Å². The monoisotopic (exact) mass is 280 g/mol. The second-order valence-electron chi connectivity index (χ2n) is 4.88. The van der Waals surface area contributed by atoms with E-state index in [0.29, 0.717) is 5.76 Å². The van der Waals surface area contributed by atoms with Gasteiger partial charge in [0.2, 0.25) is 0 Å². The van der Waals surface area contributed by atoms with Gasteiger partial charge in [0.15, 0.2) is 11.4 Å². The predicted molar refractivity (Wildman–Crippen MR) is 76.6 cm³/mol. The summed E-state index contributed by atoms with van der Waals surface area (Å²) < 4.78 is 25.1. The molecule has 0 spiro atoms. The number of hydrogen-bond acceptors (Lipinski definition) is 4. The molecule has 110 valence electrons. The molecule has 1 atom stereocenters. The van der Waals surface area contributed by atoms with Crippen LogP contribution in [-0.4, -0.2) is 12.7 Å². The van der Waals surface area contributed by atoms with Crippen LogP contribution in [0.3, 0.4) is 0 Å². The molecule has 0 fully saturated rings. The third kappa shape index (κ3) is 2.32. The van der Waals surface area contributed by atoms with Crippen molar-refractivity contribution in [1.29, 1.82) is 0 Å². The number of rotatable bonds is 6. The molecule has 2 aromatic rings. The molecule has 1 aromatic heterocycles. The summed E-state index contributed by atoms with van der Waals surface area (Å²) in [6.45, 7) is 4.06. The van der Waals surface area contributed by atoms with Gasteiger partial charge in [-0.15, -0.1) is 0 Å². The Morgan fingerprint density at radius 3 is 2.60 bits per heavy atom. The number of ether oxygens (including phenoxy) is 1. The second kappa shape index (κ2) is 5.91. The zero-order valence-electron chi connectivity index (χ0n) is 12.1. The first-order valence-corrected chi connectivity index (χ1v) is 6.81. The highest BCUT2D eigenvalue weighted by Gasteiger charge is 2.38. The fourth-order valence-electron chi connectivity index (χ4n) is 2.75. The molecule has 20 heavy (non-hydrogen) atoms. The maximum Gasteiger partial charge on any atom is 0.169 e. The van der Waals surface area contributed by atoms with Crippen molar-refractivity contribution in [2.24, 2.45) is 5.84 Å². The van der Waals surface area contributed by atoms with Crippen molar-refractivity contribution in [3.63, 3.8) is 0 Å². The van der Waals surface area contributed by atoms with Crippen LogP contribution in [-0.2, 0) is 4.74 Å². The van der Waals surface area contributed by atoms with Gasteiger partial charge in [0.1, 0.15) is 11.8 Å². The van der Waals surface area contributed by atoms with Crippen LogP contribution in [0.1, 0.15) is 38.5 Å². The Labute approximate surface area is 118 Å². The van der Waals surface area contributed by atoms with Crippen molar-refractivity contribution in [2.75, 3.05) is 7.11 Å². The Morgan fingerprint density at radius 1 is 1.40 bits per heavy atom. The Kier molecular flexibility index (Phi) is 4.42. The molecule has 0 aliphatic rings. The van der Waals surface area contributed by atoms with Crippen LogP contribution in [0.15, 0.2) is 28.7 Å². The van der Waals surface area contributed by atoms with E-state index >= 15 is 0 Å². The molecule has 3 N–H and O–H groups in total. The summed E-state index contributed by atoms with van der Waals surface area (Å²) in [6.07, 6.45) is 1.52. The van der Waals surface area contributed by atoms with Gasteiger partial charge in [0.05, 0.1) is 5.60 Å². The topological polar surface area (TPSA) is 60.4 Å². The van der Waals surface area contributed by atoms with E-state index in [0.717, 1.165) is 18.2 Å². The van der Waals surface area contributed by atoms with Crippen LogP contribution in [0.2, 0.25) is 0 Å². The summed E-state index contributed by atoms with van der Waals surface area (Å²) >= 11 is 0. The maximum absolute atomic E-state index is 13.7. The Balaban J connectivity index is 2.51. The number of nitrogens with two attached hydrogens (primary N) is 1. The SMILES string of the molecule is CCC(CC)(OC)C(NN)c1cc2cccc(F)c2o1. The van der Waals surface area contributed by atoms with E-state index in [4.69, 9.17) is 15.0 Å². The summed E-state index contributed by atoms with van der Waals surface area (Å²) in [5.74, 6) is 5.90. The first-order valence-electron chi connectivity index (χ1n) is 6.81. The summed E-state index contributed by atoms with van der Waals surface area (Å²) in [5.41, 5.74) is 2.51. The Hall–Kier alpha value is -1.43. The largest absolute Gasteiger partial charge is 0.456 e. The van der Waals surface area contributed by atoms with Gasteiger partial charge in [0, 0.05) is 12.5 Å². The lowest BCUT2D eigenvalue weighted by atomic mass is 9.87. The van der Waals surface area contributed by atoms with Crippen LogP contribution in [0.4, 0.5) is 4.39 Å². The van der Waals surface area contributed by atoms with E-state index in [1.807, 2.05) is 26.0 Å².